The molecule has 1 N–H and O–H groups in total. The van der Waals surface area contributed by atoms with E-state index in [9.17, 15) is 5.11 Å². The van der Waals surface area contributed by atoms with Gasteiger partial charge in [0.2, 0.25) is 0 Å². The lowest BCUT2D eigenvalue weighted by Gasteiger charge is -2.49. The molecular weight excluding hydrogens is 294 g/mol. The summed E-state index contributed by atoms with van der Waals surface area (Å²) < 4.78 is 0. The Bertz CT molecular complexity index is 676. The van der Waals surface area contributed by atoms with Crippen LogP contribution in [0.25, 0.3) is 5.57 Å². The van der Waals surface area contributed by atoms with Crippen LogP contribution in [0.4, 0.5) is 0 Å². The Morgan fingerprint density at radius 1 is 0.917 bits per heavy atom. The number of aliphatic hydroxyl groups excluding tert-OH is 1. The third-order valence-corrected chi connectivity index (χ3v) is 7.36. The van der Waals surface area contributed by atoms with Gasteiger partial charge in [0, 0.05) is 12.4 Å². The molecule has 6 atom stereocenters. The molecule has 24 heavy (non-hydrogen) atoms. The second-order valence-electron chi connectivity index (χ2n) is 8.37. The monoisotopic (exact) mass is 321 g/mol. The minimum atomic E-state index is -0.0780. The van der Waals surface area contributed by atoms with E-state index in [1.807, 2.05) is 12.4 Å². The third-order valence-electron chi connectivity index (χ3n) is 7.36. The van der Waals surface area contributed by atoms with E-state index in [0.717, 1.165) is 42.4 Å². The molecule has 5 rings (SSSR count). The minimum absolute atomic E-state index is 0.0780. The Kier molecular flexibility index (Phi) is 3.62. The van der Waals surface area contributed by atoms with Gasteiger partial charge >= 0.3 is 0 Å². The summed E-state index contributed by atoms with van der Waals surface area (Å²) in [4.78, 5) is 4.34. The largest absolute Gasteiger partial charge is 0.393 e. The van der Waals surface area contributed by atoms with Crippen molar-refractivity contribution in [1.29, 1.82) is 0 Å². The van der Waals surface area contributed by atoms with Gasteiger partial charge in [-0.3, -0.25) is 4.98 Å². The summed E-state index contributed by atoms with van der Waals surface area (Å²) in [6.45, 7) is 0. The number of hydrogen-bond donors (Lipinski definition) is 1. The highest BCUT2D eigenvalue weighted by Crippen LogP contribution is 2.57. The molecule has 0 aromatic carbocycles. The van der Waals surface area contributed by atoms with Gasteiger partial charge in [-0.25, -0.2) is 0 Å². The van der Waals surface area contributed by atoms with Gasteiger partial charge in [0.15, 0.2) is 0 Å². The fourth-order valence-electron chi connectivity index (χ4n) is 6.36. The average molecular weight is 321 g/mol. The highest BCUT2D eigenvalue weighted by atomic mass is 16.3. The lowest BCUT2D eigenvalue weighted by Crippen LogP contribution is -2.41. The molecule has 126 valence electrons. The zero-order chi connectivity index (χ0) is 16.1. The van der Waals surface area contributed by atoms with Crippen LogP contribution in [0.1, 0.15) is 50.5 Å². The predicted octanol–water partition coefficient (Wildman–Crippen LogP) is 4.62. The van der Waals surface area contributed by atoms with Crippen molar-refractivity contribution < 1.29 is 5.11 Å². The van der Waals surface area contributed by atoms with Crippen LogP contribution in [0.2, 0.25) is 0 Å². The van der Waals surface area contributed by atoms with Gasteiger partial charge in [-0.15, -0.1) is 0 Å². The van der Waals surface area contributed by atoms with Crippen molar-refractivity contribution in [2.24, 2.45) is 29.6 Å². The predicted molar refractivity (Wildman–Crippen MR) is 96.1 cm³/mol. The zero-order valence-corrected chi connectivity index (χ0v) is 14.3. The normalized spacial score (nSPS) is 40.9. The van der Waals surface area contributed by atoms with Crippen LogP contribution in [0.5, 0.6) is 0 Å². The number of allylic oxidation sites excluding steroid dienone is 3. The standard InChI is InChI=1S/C22H27NO/c24-16-4-6-17-14(12-16)3-5-21-19(17)9-10-20-18(7-8-22(20)21)15-2-1-11-23-13-15/h1-3,7,11,13,16-17,19-22,24H,4-6,8-10,12H2/t16-,17-,19+,20+,21+,22+/m0/s1. The number of nitrogens with zero attached hydrogens (tertiary/aromatic N) is 1. The number of aromatic nitrogens is 1. The van der Waals surface area contributed by atoms with Gasteiger partial charge < -0.3 is 5.11 Å². The summed E-state index contributed by atoms with van der Waals surface area (Å²) in [5.74, 6) is 4.09. The molecule has 0 bridgehead atoms. The molecule has 4 aliphatic rings. The highest BCUT2D eigenvalue weighted by molar-refractivity contribution is 5.69. The van der Waals surface area contributed by atoms with E-state index < -0.39 is 0 Å². The molecule has 0 aliphatic heterocycles. The van der Waals surface area contributed by atoms with Crippen LogP contribution in [-0.2, 0) is 0 Å². The van der Waals surface area contributed by atoms with Crippen molar-refractivity contribution >= 4 is 5.57 Å². The minimum Gasteiger partial charge on any atom is -0.393 e. The molecule has 1 aromatic heterocycles. The summed E-state index contributed by atoms with van der Waals surface area (Å²) in [6.07, 6.45) is 17.3. The van der Waals surface area contributed by atoms with Crippen LogP contribution in [0.15, 0.2) is 42.3 Å². The molecule has 0 unspecified atom stereocenters. The number of fused-ring (bicyclic) bond motifs is 5. The van der Waals surface area contributed by atoms with Crippen molar-refractivity contribution in [2.45, 2.75) is 51.0 Å². The summed E-state index contributed by atoms with van der Waals surface area (Å²) in [5, 5.41) is 10.0. The van der Waals surface area contributed by atoms with Gasteiger partial charge in [0.05, 0.1) is 6.10 Å². The molecule has 0 spiro atoms. The third kappa shape index (κ3) is 2.30. The van der Waals surface area contributed by atoms with E-state index in [1.165, 1.54) is 37.7 Å². The average Bonchev–Trinajstić information content (AvgIpc) is 3.06. The van der Waals surface area contributed by atoms with Crippen molar-refractivity contribution in [3.63, 3.8) is 0 Å². The lowest BCUT2D eigenvalue weighted by atomic mass is 9.56. The van der Waals surface area contributed by atoms with Gasteiger partial charge in [-0.1, -0.05) is 23.8 Å². The van der Waals surface area contributed by atoms with E-state index in [-0.39, 0.29) is 6.10 Å². The first-order valence-electron chi connectivity index (χ1n) is 9.78. The van der Waals surface area contributed by atoms with E-state index in [4.69, 9.17) is 0 Å². The number of aliphatic hydroxyl groups is 1. The summed E-state index contributed by atoms with van der Waals surface area (Å²) in [7, 11) is 0. The molecule has 2 fully saturated rings. The molecule has 2 saturated carbocycles. The van der Waals surface area contributed by atoms with E-state index in [2.05, 4.69) is 29.3 Å². The highest BCUT2D eigenvalue weighted by Gasteiger charge is 2.47. The van der Waals surface area contributed by atoms with Crippen LogP contribution < -0.4 is 0 Å². The summed E-state index contributed by atoms with van der Waals surface area (Å²) in [6, 6.07) is 4.30. The van der Waals surface area contributed by atoms with Crippen molar-refractivity contribution in [3.8, 4) is 0 Å². The molecule has 1 heterocycles. The quantitative estimate of drug-likeness (QED) is 0.766. The number of hydrogen-bond acceptors (Lipinski definition) is 2. The van der Waals surface area contributed by atoms with Gasteiger partial charge in [-0.2, -0.15) is 0 Å². The zero-order valence-electron chi connectivity index (χ0n) is 14.3. The first-order chi connectivity index (χ1) is 11.8. The smallest absolute Gasteiger partial charge is 0.0577 e. The van der Waals surface area contributed by atoms with E-state index in [1.54, 1.807) is 11.1 Å². The maximum Gasteiger partial charge on any atom is 0.0577 e. The molecule has 1 aromatic rings. The van der Waals surface area contributed by atoms with E-state index in [0.29, 0.717) is 0 Å². The first kappa shape index (κ1) is 14.9. The molecule has 2 heteroatoms. The second kappa shape index (κ2) is 5.84. The number of rotatable bonds is 1. The Morgan fingerprint density at radius 2 is 1.79 bits per heavy atom. The Morgan fingerprint density at radius 3 is 2.67 bits per heavy atom. The summed E-state index contributed by atoms with van der Waals surface area (Å²) >= 11 is 0. The summed E-state index contributed by atoms with van der Waals surface area (Å²) in [5.41, 5.74) is 4.50. The Labute approximate surface area is 144 Å². The molecular formula is C22H27NO. The second-order valence-corrected chi connectivity index (χ2v) is 8.37. The Hall–Kier alpha value is -1.41. The van der Waals surface area contributed by atoms with Crippen molar-refractivity contribution in [3.05, 3.63) is 47.8 Å². The SMILES string of the molecule is O[C@H]1CC[C@H]2C(=CC[C@H]3[C@@H]4CC=C(c5cccnc5)[C@H]4CC[C@@H]32)C1. The molecule has 0 amide bonds. The fourth-order valence-corrected chi connectivity index (χ4v) is 6.36. The van der Waals surface area contributed by atoms with E-state index >= 15 is 0 Å². The molecule has 0 radical (unpaired) electrons. The first-order valence-corrected chi connectivity index (χ1v) is 9.78. The van der Waals surface area contributed by atoms with Crippen LogP contribution >= 0.6 is 0 Å². The van der Waals surface area contributed by atoms with Gasteiger partial charge in [0.1, 0.15) is 0 Å². The van der Waals surface area contributed by atoms with Gasteiger partial charge in [-0.05, 0) is 91.7 Å². The Balaban J connectivity index is 1.40. The van der Waals surface area contributed by atoms with Crippen molar-refractivity contribution in [2.75, 3.05) is 0 Å². The lowest BCUT2D eigenvalue weighted by molar-refractivity contribution is 0.0511. The van der Waals surface area contributed by atoms with Crippen LogP contribution in [0.3, 0.4) is 0 Å². The maximum atomic E-state index is 10.0. The van der Waals surface area contributed by atoms with Crippen molar-refractivity contribution in [1.82, 2.24) is 4.98 Å². The van der Waals surface area contributed by atoms with Crippen LogP contribution in [-0.4, -0.2) is 16.2 Å². The molecule has 4 aliphatic carbocycles. The van der Waals surface area contributed by atoms with Crippen LogP contribution in [0, 0.1) is 29.6 Å². The number of pyridine rings is 1. The maximum absolute atomic E-state index is 10.0. The van der Waals surface area contributed by atoms with Gasteiger partial charge in [0.25, 0.3) is 0 Å². The molecule has 2 nitrogen and oxygen atoms in total. The molecule has 0 saturated heterocycles. The topological polar surface area (TPSA) is 33.1 Å². The fraction of sp³-hybridized carbons (Fsp3) is 0.591.